The lowest BCUT2D eigenvalue weighted by atomic mass is 9.91. The maximum absolute atomic E-state index is 11.3. The van der Waals surface area contributed by atoms with Gasteiger partial charge < -0.3 is 14.9 Å². The highest BCUT2D eigenvalue weighted by Gasteiger charge is 2.57. The molecule has 0 bridgehead atoms. The van der Waals surface area contributed by atoms with E-state index < -0.39 is 17.5 Å². The van der Waals surface area contributed by atoms with Crippen molar-refractivity contribution >= 4 is 5.97 Å². The zero-order chi connectivity index (χ0) is 13.3. The Bertz CT molecular complexity index is 463. The number of aliphatic hydroxyl groups excluding tert-OH is 1. The van der Waals surface area contributed by atoms with Gasteiger partial charge in [0, 0.05) is 5.56 Å². The molecule has 1 unspecified atom stereocenters. The monoisotopic (exact) mass is 250 g/mol. The Morgan fingerprint density at radius 2 is 2.17 bits per heavy atom. The van der Waals surface area contributed by atoms with Crippen molar-refractivity contribution in [1.29, 1.82) is 0 Å². The van der Waals surface area contributed by atoms with Gasteiger partial charge in [-0.05, 0) is 37.0 Å². The van der Waals surface area contributed by atoms with Gasteiger partial charge in [-0.15, -0.1) is 0 Å². The largest absolute Gasteiger partial charge is 0.496 e. The fourth-order valence-corrected chi connectivity index (χ4v) is 2.25. The summed E-state index contributed by atoms with van der Waals surface area (Å²) in [6.07, 6.45) is 0.868. The highest BCUT2D eigenvalue weighted by Crippen LogP contribution is 2.56. The molecule has 18 heavy (non-hydrogen) atoms. The van der Waals surface area contributed by atoms with Gasteiger partial charge in [-0.1, -0.05) is 13.0 Å². The minimum absolute atomic E-state index is 0.517. The first-order valence-electron chi connectivity index (χ1n) is 6.13. The molecule has 1 atom stereocenters. The van der Waals surface area contributed by atoms with E-state index in [-0.39, 0.29) is 0 Å². The summed E-state index contributed by atoms with van der Waals surface area (Å²) in [5.41, 5.74) is 0.627. The molecule has 1 fully saturated rings. The van der Waals surface area contributed by atoms with Crippen molar-refractivity contribution in [2.75, 3.05) is 7.11 Å². The number of ether oxygens (including phenoxy) is 1. The molecule has 0 spiro atoms. The minimum atomic E-state index is -1.01. The number of aliphatic hydroxyl groups is 1. The van der Waals surface area contributed by atoms with Crippen LogP contribution in [0.2, 0.25) is 0 Å². The number of carboxylic acids is 1. The van der Waals surface area contributed by atoms with E-state index in [9.17, 15) is 15.0 Å². The molecule has 4 nitrogen and oxygen atoms in total. The molecule has 0 aliphatic heterocycles. The number of aryl methyl sites for hydroxylation is 1. The Morgan fingerprint density at radius 3 is 2.61 bits per heavy atom. The number of methoxy groups -OCH3 is 1. The van der Waals surface area contributed by atoms with Crippen LogP contribution in [0.4, 0.5) is 0 Å². The fourth-order valence-electron chi connectivity index (χ4n) is 2.25. The van der Waals surface area contributed by atoms with Crippen LogP contribution in [0.25, 0.3) is 0 Å². The number of benzene rings is 1. The lowest BCUT2D eigenvalue weighted by Crippen LogP contribution is -2.24. The SMILES string of the molecule is CCc1ccc(OC)c(C(O)C2(C(=O)O)CC2)c1. The van der Waals surface area contributed by atoms with Gasteiger partial charge in [0.1, 0.15) is 5.75 Å². The molecule has 0 amide bonds. The third kappa shape index (κ3) is 1.97. The summed E-state index contributed by atoms with van der Waals surface area (Å²) >= 11 is 0. The van der Waals surface area contributed by atoms with Crippen LogP contribution in [0.3, 0.4) is 0 Å². The van der Waals surface area contributed by atoms with Crippen LogP contribution in [0, 0.1) is 5.41 Å². The van der Waals surface area contributed by atoms with Crippen molar-refractivity contribution in [3.8, 4) is 5.75 Å². The van der Waals surface area contributed by atoms with Crippen LogP contribution >= 0.6 is 0 Å². The average Bonchev–Trinajstić information content (AvgIpc) is 3.18. The van der Waals surface area contributed by atoms with Crippen molar-refractivity contribution in [3.05, 3.63) is 29.3 Å². The summed E-state index contributed by atoms with van der Waals surface area (Å²) in [5.74, 6) is -0.383. The van der Waals surface area contributed by atoms with Gasteiger partial charge in [0.05, 0.1) is 18.6 Å². The minimum Gasteiger partial charge on any atom is -0.496 e. The van der Waals surface area contributed by atoms with Gasteiger partial charge in [0.15, 0.2) is 0 Å². The Labute approximate surface area is 106 Å². The molecule has 4 heteroatoms. The number of rotatable bonds is 5. The van der Waals surface area contributed by atoms with Gasteiger partial charge in [-0.3, -0.25) is 4.79 Å². The highest BCUT2D eigenvalue weighted by atomic mass is 16.5. The molecule has 2 rings (SSSR count). The Balaban J connectivity index is 2.40. The fraction of sp³-hybridized carbons (Fsp3) is 0.500. The third-order valence-electron chi connectivity index (χ3n) is 3.73. The maximum Gasteiger partial charge on any atom is 0.312 e. The van der Waals surface area contributed by atoms with Crippen molar-refractivity contribution < 1.29 is 19.7 Å². The van der Waals surface area contributed by atoms with Crippen LogP contribution in [0.1, 0.15) is 37.0 Å². The van der Waals surface area contributed by atoms with Crippen molar-refractivity contribution in [2.24, 2.45) is 5.41 Å². The molecule has 1 aromatic rings. The number of hydrogen-bond donors (Lipinski definition) is 2. The van der Waals surface area contributed by atoms with Crippen molar-refractivity contribution in [1.82, 2.24) is 0 Å². The summed E-state index contributed by atoms with van der Waals surface area (Å²) in [5, 5.41) is 19.6. The standard InChI is InChI=1S/C14H18O4/c1-3-9-4-5-11(18-2)10(8-9)12(15)14(6-7-14)13(16)17/h4-5,8,12,15H,3,6-7H2,1-2H3,(H,16,17). The average molecular weight is 250 g/mol. The molecule has 1 saturated carbocycles. The first-order valence-corrected chi connectivity index (χ1v) is 6.13. The normalized spacial score (nSPS) is 18.2. The van der Waals surface area contributed by atoms with E-state index in [4.69, 9.17) is 4.74 Å². The first kappa shape index (κ1) is 12.9. The van der Waals surface area contributed by atoms with E-state index >= 15 is 0 Å². The zero-order valence-electron chi connectivity index (χ0n) is 10.6. The maximum atomic E-state index is 11.3. The molecule has 0 heterocycles. The van der Waals surface area contributed by atoms with Gasteiger partial charge in [0.2, 0.25) is 0 Å². The van der Waals surface area contributed by atoms with E-state index in [1.807, 2.05) is 19.1 Å². The van der Waals surface area contributed by atoms with Gasteiger partial charge >= 0.3 is 5.97 Å². The molecule has 1 aromatic carbocycles. The first-order chi connectivity index (χ1) is 8.55. The quantitative estimate of drug-likeness (QED) is 0.840. The zero-order valence-corrected chi connectivity index (χ0v) is 10.6. The molecule has 1 aliphatic rings. The molecular weight excluding hydrogens is 232 g/mol. The van der Waals surface area contributed by atoms with Crippen LogP contribution in [0.5, 0.6) is 5.75 Å². The van der Waals surface area contributed by atoms with Gasteiger partial charge in [-0.25, -0.2) is 0 Å². The third-order valence-corrected chi connectivity index (χ3v) is 3.73. The number of carboxylic acid groups (broad SMARTS) is 1. The molecule has 98 valence electrons. The lowest BCUT2D eigenvalue weighted by molar-refractivity contribution is -0.148. The molecule has 2 N–H and O–H groups in total. The molecule has 0 aromatic heterocycles. The predicted molar refractivity (Wildman–Crippen MR) is 66.6 cm³/mol. The lowest BCUT2D eigenvalue weighted by Gasteiger charge is -2.21. The van der Waals surface area contributed by atoms with Gasteiger partial charge in [0.25, 0.3) is 0 Å². The second kappa shape index (κ2) is 4.61. The van der Waals surface area contributed by atoms with E-state index in [1.54, 1.807) is 6.07 Å². The second-order valence-electron chi connectivity index (χ2n) is 4.79. The van der Waals surface area contributed by atoms with E-state index in [0.29, 0.717) is 24.2 Å². The Morgan fingerprint density at radius 1 is 1.50 bits per heavy atom. The van der Waals surface area contributed by atoms with Crippen LogP contribution < -0.4 is 4.74 Å². The molecule has 0 radical (unpaired) electrons. The second-order valence-corrected chi connectivity index (χ2v) is 4.79. The summed E-state index contributed by atoms with van der Waals surface area (Å²) in [6, 6.07) is 5.55. The van der Waals surface area contributed by atoms with Crippen LogP contribution in [-0.2, 0) is 11.2 Å². The molecule has 1 aliphatic carbocycles. The highest BCUT2D eigenvalue weighted by molar-refractivity contribution is 5.79. The number of hydrogen-bond acceptors (Lipinski definition) is 3. The smallest absolute Gasteiger partial charge is 0.312 e. The number of aliphatic carboxylic acids is 1. The Hall–Kier alpha value is -1.55. The van der Waals surface area contributed by atoms with Crippen molar-refractivity contribution in [3.63, 3.8) is 0 Å². The van der Waals surface area contributed by atoms with Gasteiger partial charge in [-0.2, -0.15) is 0 Å². The van der Waals surface area contributed by atoms with E-state index in [1.165, 1.54) is 7.11 Å². The Kier molecular flexibility index (Phi) is 3.30. The summed E-state index contributed by atoms with van der Waals surface area (Å²) in [7, 11) is 1.53. The molecular formula is C14H18O4. The summed E-state index contributed by atoms with van der Waals surface area (Å²) in [4.78, 5) is 11.3. The van der Waals surface area contributed by atoms with Crippen LogP contribution in [0.15, 0.2) is 18.2 Å². The van der Waals surface area contributed by atoms with E-state index in [0.717, 1.165) is 12.0 Å². The predicted octanol–water partition coefficient (Wildman–Crippen LogP) is 2.16. The number of carbonyl (C=O) groups is 1. The summed E-state index contributed by atoms with van der Waals surface area (Å²) < 4.78 is 5.22. The summed E-state index contributed by atoms with van der Waals surface area (Å²) in [6.45, 7) is 2.02. The topological polar surface area (TPSA) is 66.8 Å². The van der Waals surface area contributed by atoms with E-state index in [2.05, 4.69) is 0 Å². The molecule has 0 saturated heterocycles. The van der Waals surface area contributed by atoms with Crippen molar-refractivity contribution in [2.45, 2.75) is 32.3 Å². The van der Waals surface area contributed by atoms with Crippen LogP contribution in [-0.4, -0.2) is 23.3 Å².